The van der Waals surface area contributed by atoms with Gasteiger partial charge in [0.25, 0.3) is 0 Å². The largest absolute Gasteiger partial charge is 0.495 e. The molecule has 0 saturated carbocycles. The second-order valence-electron chi connectivity index (χ2n) is 6.14. The third-order valence-electron chi connectivity index (χ3n) is 4.37. The molecule has 0 spiro atoms. The molecule has 4 nitrogen and oxygen atoms in total. The van der Waals surface area contributed by atoms with E-state index in [4.69, 9.17) is 9.31 Å². The van der Waals surface area contributed by atoms with E-state index in [1.807, 2.05) is 12.3 Å². The van der Waals surface area contributed by atoms with Gasteiger partial charge in [-0.15, -0.1) is 0 Å². The van der Waals surface area contributed by atoms with Crippen LogP contribution in [0.2, 0.25) is 0 Å². The highest BCUT2D eigenvalue weighted by Crippen LogP contribution is 2.37. The summed E-state index contributed by atoms with van der Waals surface area (Å²) >= 11 is 0. The molecule has 0 aliphatic carbocycles. The van der Waals surface area contributed by atoms with Crippen LogP contribution < -0.4 is 5.46 Å². The lowest BCUT2D eigenvalue weighted by molar-refractivity contribution is 0.00578. The second-order valence-corrected chi connectivity index (χ2v) is 7.06. The molecule has 1 unspecified atom stereocenters. The van der Waals surface area contributed by atoms with Crippen LogP contribution in [-0.2, 0) is 9.31 Å². The van der Waals surface area contributed by atoms with Crippen LogP contribution in [0.15, 0.2) is 24.5 Å². The molecule has 6 heteroatoms. The van der Waals surface area contributed by atoms with Crippen molar-refractivity contribution in [2.45, 2.75) is 38.9 Å². The van der Waals surface area contributed by atoms with E-state index in [1.165, 1.54) is 0 Å². The standard InChI is InChI=1S/C14H20BN2O2P/c1-13(2)14(3,4)19-15(18-13)11-6-8-16-12-10(11)7-9-17(12)20-5/h6-9,20H,1-5H3. The Hall–Kier alpha value is -0.895. The maximum atomic E-state index is 6.14. The Labute approximate surface area is 121 Å². The van der Waals surface area contributed by atoms with E-state index in [2.05, 4.69) is 55.9 Å². The molecule has 20 heavy (non-hydrogen) atoms. The molecule has 0 amide bonds. The van der Waals surface area contributed by atoms with Gasteiger partial charge in [0.1, 0.15) is 5.65 Å². The van der Waals surface area contributed by atoms with Crippen LogP contribution in [0.25, 0.3) is 11.0 Å². The molecule has 2 aromatic rings. The lowest BCUT2D eigenvalue weighted by atomic mass is 9.78. The number of hydrogen-bond acceptors (Lipinski definition) is 3. The summed E-state index contributed by atoms with van der Waals surface area (Å²) in [5, 5.41) is 1.11. The minimum Gasteiger partial charge on any atom is -0.399 e. The zero-order valence-corrected chi connectivity index (χ0v) is 13.6. The van der Waals surface area contributed by atoms with Gasteiger partial charge in [0.05, 0.1) is 11.2 Å². The summed E-state index contributed by atoms with van der Waals surface area (Å²) < 4.78 is 14.4. The fraction of sp³-hybridized carbons (Fsp3) is 0.500. The third kappa shape index (κ3) is 2.00. The fourth-order valence-electron chi connectivity index (χ4n) is 2.41. The smallest absolute Gasteiger partial charge is 0.399 e. The van der Waals surface area contributed by atoms with Crippen LogP contribution in [0.3, 0.4) is 0 Å². The fourth-order valence-corrected chi connectivity index (χ4v) is 3.03. The van der Waals surface area contributed by atoms with Gasteiger partial charge >= 0.3 is 7.12 Å². The van der Waals surface area contributed by atoms with Crippen LogP contribution in [0, 0.1) is 0 Å². The van der Waals surface area contributed by atoms with Crippen molar-refractivity contribution in [1.82, 2.24) is 9.32 Å². The van der Waals surface area contributed by atoms with Crippen molar-refractivity contribution < 1.29 is 9.31 Å². The van der Waals surface area contributed by atoms with Crippen molar-refractivity contribution in [3.8, 4) is 0 Å². The maximum Gasteiger partial charge on any atom is 0.495 e. The summed E-state index contributed by atoms with van der Waals surface area (Å²) in [5.41, 5.74) is 1.42. The number of fused-ring (bicyclic) bond motifs is 1. The molecule has 1 fully saturated rings. The van der Waals surface area contributed by atoms with Crippen LogP contribution in [0.5, 0.6) is 0 Å². The average molecular weight is 290 g/mol. The lowest BCUT2D eigenvalue weighted by Gasteiger charge is -2.32. The summed E-state index contributed by atoms with van der Waals surface area (Å²) in [7, 11) is 0.333. The van der Waals surface area contributed by atoms with E-state index in [0.717, 1.165) is 16.5 Å². The zero-order valence-electron chi connectivity index (χ0n) is 12.6. The molecular formula is C14H20BN2O2P. The molecule has 1 aliphatic rings. The van der Waals surface area contributed by atoms with E-state index in [9.17, 15) is 0 Å². The van der Waals surface area contributed by atoms with E-state index >= 15 is 0 Å². The molecule has 0 bridgehead atoms. The van der Waals surface area contributed by atoms with Gasteiger partial charge < -0.3 is 13.6 Å². The molecule has 0 N–H and O–H groups in total. The van der Waals surface area contributed by atoms with Crippen LogP contribution >= 0.6 is 8.73 Å². The van der Waals surface area contributed by atoms with Crippen LogP contribution in [0.4, 0.5) is 0 Å². The maximum absolute atomic E-state index is 6.14. The first-order valence-corrected chi connectivity index (χ1v) is 8.30. The molecule has 0 aromatic carbocycles. The summed E-state index contributed by atoms with van der Waals surface area (Å²) in [6, 6.07) is 4.09. The lowest BCUT2D eigenvalue weighted by Crippen LogP contribution is -2.41. The number of hydrogen-bond donors (Lipinski definition) is 0. The Morgan fingerprint density at radius 1 is 1.15 bits per heavy atom. The van der Waals surface area contributed by atoms with Gasteiger partial charge in [-0.05, 0) is 60.7 Å². The molecule has 1 atom stereocenters. The number of pyridine rings is 1. The Morgan fingerprint density at radius 3 is 2.40 bits per heavy atom. The first-order valence-electron chi connectivity index (χ1n) is 6.85. The molecule has 0 radical (unpaired) electrons. The third-order valence-corrected chi connectivity index (χ3v) is 5.21. The molecule has 2 aromatic heterocycles. The Kier molecular flexibility index (Phi) is 3.20. The van der Waals surface area contributed by atoms with Gasteiger partial charge in [-0.25, -0.2) is 4.98 Å². The molecule has 3 heterocycles. The summed E-state index contributed by atoms with van der Waals surface area (Å²) in [4.78, 5) is 4.48. The highest BCUT2D eigenvalue weighted by Gasteiger charge is 2.52. The zero-order chi connectivity index (χ0) is 14.5. The van der Waals surface area contributed by atoms with E-state index < -0.39 is 0 Å². The van der Waals surface area contributed by atoms with E-state index in [1.54, 1.807) is 0 Å². The average Bonchev–Trinajstić information content (AvgIpc) is 2.88. The van der Waals surface area contributed by atoms with Crippen molar-refractivity contribution in [3.63, 3.8) is 0 Å². The van der Waals surface area contributed by atoms with Crippen LogP contribution in [0.1, 0.15) is 27.7 Å². The molecular weight excluding hydrogens is 270 g/mol. The number of rotatable bonds is 2. The van der Waals surface area contributed by atoms with Gasteiger partial charge in [0, 0.05) is 17.8 Å². The highest BCUT2D eigenvalue weighted by atomic mass is 31.1. The normalized spacial score (nSPS) is 21.4. The Bertz CT molecular complexity index is 638. The topological polar surface area (TPSA) is 36.3 Å². The molecule has 1 aliphatic heterocycles. The minimum absolute atomic E-state index is 0.317. The second kappa shape index (κ2) is 4.55. The molecule has 1 saturated heterocycles. The summed E-state index contributed by atoms with van der Waals surface area (Å²) in [6.45, 7) is 10.4. The molecule has 3 rings (SSSR count). The predicted octanol–water partition coefficient (Wildman–Crippen LogP) is 2.41. The number of aromatic nitrogens is 2. The van der Waals surface area contributed by atoms with Gasteiger partial charge in [-0.1, -0.05) is 0 Å². The highest BCUT2D eigenvalue weighted by molar-refractivity contribution is 7.35. The van der Waals surface area contributed by atoms with Gasteiger partial charge in [-0.3, -0.25) is 0 Å². The summed E-state index contributed by atoms with van der Waals surface area (Å²) in [6.07, 6.45) is 3.91. The van der Waals surface area contributed by atoms with Gasteiger partial charge in [-0.2, -0.15) is 0 Å². The van der Waals surface area contributed by atoms with Crippen molar-refractivity contribution >= 4 is 32.3 Å². The minimum atomic E-state index is -0.332. The first kappa shape index (κ1) is 14.1. The monoisotopic (exact) mass is 290 g/mol. The van der Waals surface area contributed by atoms with Crippen molar-refractivity contribution in [2.75, 3.05) is 6.66 Å². The van der Waals surface area contributed by atoms with E-state index in [0.29, 0.717) is 8.73 Å². The number of nitrogens with zero attached hydrogens (tertiary/aromatic N) is 2. The van der Waals surface area contributed by atoms with Gasteiger partial charge in [0.15, 0.2) is 0 Å². The van der Waals surface area contributed by atoms with Crippen molar-refractivity contribution in [2.24, 2.45) is 0 Å². The first-order chi connectivity index (χ1) is 9.36. The summed E-state index contributed by atoms with van der Waals surface area (Å²) in [5.74, 6) is 0. The van der Waals surface area contributed by atoms with Crippen molar-refractivity contribution in [3.05, 3.63) is 24.5 Å². The quantitative estimate of drug-likeness (QED) is 0.629. The van der Waals surface area contributed by atoms with Crippen LogP contribution in [-0.4, -0.2) is 34.3 Å². The van der Waals surface area contributed by atoms with Crippen molar-refractivity contribution in [1.29, 1.82) is 0 Å². The van der Waals surface area contributed by atoms with E-state index in [-0.39, 0.29) is 18.3 Å². The van der Waals surface area contributed by atoms with Gasteiger partial charge in [0.2, 0.25) is 0 Å². The molecule has 106 valence electrons. The predicted molar refractivity (Wildman–Crippen MR) is 85.1 cm³/mol. The Morgan fingerprint density at radius 2 is 1.80 bits per heavy atom. The Balaban J connectivity index is 2.06. The SMILES string of the molecule is CPn1ccc2c(B3OC(C)(C)C(C)(C)O3)ccnc21.